The number of hydrogen-bond donors (Lipinski definition) is 0. The maximum absolute atomic E-state index is 12.5. The van der Waals surface area contributed by atoms with Crippen molar-refractivity contribution in [2.75, 3.05) is 0 Å². The van der Waals surface area contributed by atoms with Gasteiger partial charge < -0.3 is 4.74 Å². The summed E-state index contributed by atoms with van der Waals surface area (Å²) in [5, 5.41) is 0. The molecule has 1 aromatic rings. The highest BCUT2D eigenvalue weighted by atomic mass is 16.5. The van der Waals surface area contributed by atoms with Crippen molar-refractivity contribution in [3.05, 3.63) is 35.9 Å². The average molecular weight is 273 g/mol. The second-order valence-corrected chi connectivity index (χ2v) is 5.47. The third-order valence-electron chi connectivity index (χ3n) is 4.05. The monoisotopic (exact) mass is 273 g/mol. The first-order valence-electron chi connectivity index (χ1n) is 7.32. The van der Waals surface area contributed by atoms with E-state index in [1.165, 1.54) is 17.7 Å². The van der Waals surface area contributed by atoms with E-state index in [-0.39, 0.29) is 24.1 Å². The van der Waals surface area contributed by atoms with Crippen LogP contribution in [0, 0.1) is 0 Å². The summed E-state index contributed by atoms with van der Waals surface area (Å²) in [6, 6.07) is 8.94. The highest BCUT2D eigenvalue weighted by molar-refractivity contribution is 6.05. The molecular weight excluding hydrogens is 254 g/mol. The first kappa shape index (κ1) is 13.3. The van der Waals surface area contributed by atoms with Gasteiger partial charge in [0.25, 0.3) is 5.91 Å². The number of nitrogens with zero attached hydrogens (tertiary/aromatic N) is 1. The largest absolute Gasteiger partial charge is 0.355 e. The molecule has 2 fully saturated rings. The molecule has 1 aromatic carbocycles. The standard InChI is InChI=1S/C16H19NO3/c18-14-10-11-15(20-13-8-4-5-9-13)17(14)16(19)12-6-2-1-3-7-12/h1-3,6-7,13,15H,4-5,8-11H2/t15-/m1/s1. The van der Waals surface area contributed by atoms with Crippen molar-refractivity contribution in [3.63, 3.8) is 0 Å². The van der Waals surface area contributed by atoms with E-state index in [0.717, 1.165) is 12.8 Å². The molecule has 1 saturated carbocycles. The quantitative estimate of drug-likeness (QED) is 0.795. The smallest absolute Gasteiger partial charge is 0.262 e. The predicted octanol–water partition coefficient (Wildman–Crippen LogP) is 2.73. The minimum Gasteiger partial charge on any atom is -0.355 e. The SMILES string of the molecule is O=C1CC[C@@H](OC2CCCC2)N1C(=O)c1ccccc1. The van der Waals surface area contributed by atoms with Gasteiger partial charge in [-0.05, 0) is 25.0 Å². The normalized spacial score (nSPS) is 23.5. The fourth-order valence-corrected chi connectivity index (χ4v) is 3.00. The van der Waals surface area contributed by atoms with Crippen molar-refractivity contribution >= 4 is 11.8 Å². The van der Waals surface area contributed by atoms with Crippen LogP contribution >= 0.6 is 0 Å². The zero-order chi connectivity index (χ0) is 13.9. The maximum atomic E-state index is 12.5. The number of benzene rings is 1. The van der Waals surface area contributed by atoms with E-state index < -0.39 is 0 Å². The Hall–Kier alpha value is -1.68. The highest BCUT2D eigenvalue weighted by Crippen LogP contribution is 2.28. The Morgan fingerprint density at radius 2 is 1.80 bits per heavy atom. The number of hydrogen-bond acceptors (Lipinski definition) is 3. The van der Waals surface area contributed by atoms with E-state index in [0.29, 0.717) is 18.4 Å². The van der Waals surface area contributed by atoms with E-state index in [9.17, 15) is 9.59 Å². The summed E-state index contributed by atoms with van der Waals surface area (Å²) < 4.78 is 5.98. The van der Waals surface area contributed by atoms with Crippen LogP contribution in [-0.4, -0.2) is 29.0 Å². The number of amides is 2. The van der Waals surface area contributed by atoms with Crippen LogP contribution in [0.5, 0.6) is 0 Å². The van der Waals surface area contributed by atoms with Gasteiger partial charge in [0.05, 0.1) is 6.10 Å². The molecule has 0 N–H and O–H groups in total. The number of likely N-dealkylation sites (tertiary alicyclic amines) is 1. The van der Waals surface area contributed by atoms with Crippen molar-refractivity contribution in [1.82, 2.24) is 4.90 Å². The lowest BCUT2D eigenvalue weighted by molar-refractivity contribution is -0.134. The van der Waals surface area contributed by atoms with Crippen LogP contribution in [0.15, 0.2) is 30.3 Å². The Kier molecular flexibility index (Phi) is 3.83. The summed E-state index contributed by atoms with van der Waals surface area (Å²) in [5.41, 5.74) is 0.544. The second-order valence-electron chi connectivity index (χ2n) is 5.47. The van der Waals surface area contributed by atoms with E-state index in [1.807, 2.05) is 6.07 Å². The highest BCUT2D eigenvalue weighted by Gasteiger charge is 2.38. The van der Waals surface area contributed by atoms with Gasteiger partial charge in [0.1, 0.15) is 6.23 Å². The van der Waals surface area contributed by atoms with Gasteiger partial charge in [-0.15, -0.1) is 0 Å². The van der Waals surface area contributed by atoms with Gasteiger partial charge in [0.2, 0.25) is 5.91 Å². The molecule has 1 aliphatic heterocycles. The first-order chi connectivity index (χ1) is 9.75. The Morgan fingerprint density at radius 3 is 2.50 bits per heavy atom. The molecule has 0 radical (unpaired) electrons. The molecule has 1 aliphatic carbocycles. The van der Waals surface area contributed by atoms with Gasteiger partial charge in [-0.2, -0.15) is 0 Å². The lowest BCUT2D eigenvalue weighted by Gasteiger charge is -2.26. The summed E-state index contributed by atoms with van der Waals surface area (Å²) in [6.45, 7) is 0. The first-order valence-corrected chi connectivity index (χ1v) is 7.32. The van der Waals surface area contributed by atoms with Gasteiger partial charge in [0, 0.05) is 18.4 Å². The minimum atomic E-state index is -0.377. The molecule has 0 bridgehead atoms. The van der Waals surface area contributed by atoms with E-state index in [4.69, 9.17) is 4.74 Å². The number of rotatable bonds is 3. The second kappa shape index (κ2) is 5.75. The zero-order valence-electron chi connectivity index (χ0n) is 11.5. The molecule has 1 saturated heterocycles. The van der Waals surface area contributed by atoms with Crippen LogP contribution < -0.4 is 0 Å². The lowest BCUT2D eigenvalue weighted by Crippen LogP contribution is -2.41. The van der Waals surface area contributed by atoms with Gasteiger partial charge >= 0.3 is 0 Å². The topological polar surface area (TPSA) is 46.6 Å². The molecule has 3 rings (SSSR count). The number of carbonyl (C=O) groups is 2. The van der Waals surface area contributed by atoms with Crippen LogP contribution in [0.1, 0.15) is 48.9 Å². The maximum Gasteiger partial charge on any atom is 0.262 e. The van der Waals surface area contributed by atoms with Crippen molar-refractivity contribution < 1.29 is 14.3 Å². The van der Waals surface area contributed by atoms with Gasteiger partial charge in [0.15, 0.2) is 0 Å². The molecule has 106 valence electrons. The van der Waals surface area contributed by atoms with E-state index in [2.05, 4.69) is 0 Å². The van der Waals surface area contributed by atoms with E-state index in [1.54, 1.807) is 24.3 Å². The van der Waals surface area contributed by atoms with Crippen LogP contribution in [0.25, 0.3) is 0 Å². The molecule has 0 spiro atoms. The third-order valence-corrected chi connectivity index (χ3v) is 4.05. The fourth-order valence-electron chi connectivity index (χ4n) is 3.00. The Morgan fingerprint density at radius 1 is 1.10 bits per heavy atom. The predicted molar refractivity (Wildman–Crippen MR) is 74.0 cm³/mol. The molecule has 1 atom stereocenters. The number of carbonyl (C=O) groups excluding carboxylic acids is 2. The molecule has 4 heteroatoms. The van der Waals surface area contributed by atoms with E-state index >= 15 is 0 Å². The van der Waals surface area contributed by atoms with Crippen molar-refractivity contribution in [2.24, 2.45) is 0 Å². The van der Waals surface area contributed by atoms with Crippen molar-refractivity contribution in [3.8, 4) is 0 Å². The van der Waals surface area contributed by atoms with Crippen molar-refractivity contribution in [2.45, 2.75) is 50.9 Å². The molecule has 4 nitrogen and oxygen atoms in total. The Bertz CT molecular complexity index is 494. The molecule has 2 amide bonds. The summed E-state index contributed by atoms with van der Waals surface area (Å²) in [7, 11) is 0. The van der Waals surface area contributed by atoms with Crippen molar-refractivity contribution in [1.29, 1.82) is 0 Å². The number of imide groups is 1. The summed E-state index contributed by atoms with van der Waals surface area (Å²) in [5.74, 6) is -0.363. The van der Waals surface area contributed by atoms with Crippen LogP contribution in [0.4, 0.5) is 0 Å². The molecule has 0 aromatic heterocycles. The zero-order valence-corrected chi connectivity index (χ0v) is 11.5. The Balaban J connectivity index is 1.74. The van der Waals surface area contributed by atoms with Gasteiger partial charge in [-0.3, -0.25) is 14.5 Å². The molecule has 2 aliphatic rings. The fraction of sp³-hybridized carbons (Fsp3) is 0.500. The molecule has 1 heterocycles. The minimum absolute atomic E-state index is 0.123. The van der Waals surface area contributed by atoms with Crippen LogP contribution in [0.3, 0.4) is 0 Å². The molecule has 20 heavy (non-hydrogen) atoms. The Labute approximate surface area is 118 Å². The lowest BCUT2D eigenvalue weighted by atomic mass is 10.2. The molecule has 0 unspecified atom stereocenters. The van der Waals surface area contributed by atoms with Crippen LogP contribution in [0.2, 0.25) is 0 Å². The summed E-state index contributed by atoms with van der Waals surface area (Å²) >= 11 is 0. The molecular formula is C16H19NO3. The van der Waals surface area contributed by atoms with Gasteiger partial charge in [-0.1, -0.05) is 31.0 Å². The summed E-state index contributed by atoms with van der Waals surface area (Å²) in [6.07, 6.45) is 5.28. The number of ether oxygens (including phenoxy) is 1. The average Bonchev–Trinajstić information content (AvgIpc) is 3.10. The van der Waals surface area contributed by atoms with Gasteiger partial charge in [-0.25, -0.2) is 0 Å². The van der Waals surface area contributed by atoms with Crippen LogP contribution in [-0.2, 0) is 9.53 Å². The third kappa shape index (κ3) is 2.61. The summed E-state index contributed by atoms with van der Waals surface area (Å²) in [4.78, 5) is 25.8.